The first-order chi connectivity index (χ1) is 9.69. The molecule has 0 unspecified atom stereocenters. The Morgan fingerprint density at radius 3 is 2.35 bits per heavy atom. The summed E-state index contributed by atoms with van der Waals surface area (Å²) in [6, 6.07) is 0.838. The van der Waals surface area contributed by atoms with E-state index >= 15 is 0 Å². The zero-order valence-electron chi connectivity index (χ0n) is 12.1. The number of ether oxygens (including phenoxy) is 1. The first kappa shape index (κ1) is 16.6. The molecule has 0 aliphatic carbocycles. The molecule has 114 valence electrons. The number of hydrogen-bond donors (Lipinski definition) is 2. The number of rotatable bonds is 10. The molecule has 0 spiro atoms. The van der Waals surface area contributed by atoms with Crippen molar-refractivity contribution in [2.24, 2.45) is 0 Å². The minimum Gasteiger partial charge on any atom is -0.381 e. The van der Waals surface area contributed by atoms with E-state index in [0.29, 0.717) is 19.7 Å². The highest BCUT2D eigenvalue weighted by atomic mass is 19.1. The lowest BCUT2D eigenvalue weighted by atomic mass is 10.3. The highest BCUT2D eigenvalue weighted by Gasteiger charge is 2.10. The Morgan fingerprint density at radius 2 is 1.70 bits per heavy atom. The first-order valence-corrected chi connectivity index (χ1v) is 7.10. The van der Waals surface area contributed by atoms with Crippen molar-refractivity contribution in [3.8, 4) is 0 Å². The minimum atomic E-state index is -0.684. The Labute approximate surface area is 118 Å². The Kier molecular flexibility index (Phi) is 7.87. The normalized spacial score (nSPS) is 10.6. The Bertz CT molecular complexity index is 402. The molecular formula is C14H23F2N3O. The van der Waals surface area contributed by atoms with Crippen molar-refractivity contribution >= 4 is 11.6 Å². The number of hydrogen-bond acceptors (Lipinski definition) is 4. The van der Waals surface area contributed by atoms with Crippen molar-refractivity contribution < 1.29 is 13.5 Å². The molecule has 4 nitrogen and oxygen atoms in total. The van der Waals surface area contributed by atoms with Gasteiger partial charge < -0.3 is 15.4 Å². The van der Waals surface area contributed by atoms with Gasteiger partial charge in [0.1, 0.15) is 0 Å². The van der Waals surface area contributed by atoms with E-state index in [1.54, 1.807) is 0 Å². The van der Waals surface area contributed by atoms with Gasteiger partial charge in [0.25, 0.3) is 0 Å². The van der Waals surface area contributed by atoms with Crippen molar-refractivity contribution in [3.63, 3.8) is 0 Å². The summed E-state index contributed by atoms with van der Waals surface area (Å²) < 4.78 is 32.3. The molecule has 2 N–H and O–H groups in total. The van der Waals surface area contributed by atoms with E-state index in [0.717, 1.165) is 31.9 Å². The van der Waals surface area contributed by atoms with E-state index in [4.69, 9.17) is 4.74 Å². The van der Waals surface area contributed by atoms with E-state index in [9.17, 15) is 8.78 Å². The molecule has 0 fully saturated rings. The van der Waals surface area contributed by atoms with Crippen LogP contribution in [0.4, 0.5) is 20.4 Å². The lowest BCUT2D eigenvalue weighted by Crippen LogP contribution is -2.11. The van der Waals surface area contributed by atoms with E-state index in [2.05, 4.69) is 22.5 Å². The summed E-state index contributed by atoms with van der Waals surface area (Å²) in [5, 5.41) is 5.61. The molecule has 0 aliphatic heterocycles. The maximum atomic E-state index is 13.5. The van der Waals surface area contributed by atoms with Crippen LogP contribution in [-0.2, 0) is 4.74 Å². The highest BCUT2D eigenvalue weighted by Crippen LogP contribution is 2.18. The first-order valence-electron chi connectivity index (χ1n) is 7.10. The van der Waals surface area contributed by atoms with Crippen LogP contribution in [0.2, 0.25) is 0 Å². The largest absolute Gasteiger partial charge is 0.381 e. The Morgan fingerprint density at radius 1 is 1.05 bits per heavy atom. The second-order valence-corrected chi connectivity index (χ2v) is 4.43. The molecule has 0 aliphatic rings. The van der Waals surface area contributed by atoms with Crippen LogP contribution in [0.1, 0.15) is 33.1 Å². The molecule has 0 atom stereocenters. The second-order valence-electron chi connectivity index (χ2n) is 4.43. The molecule has 20 heavy (non-hydrogen) atoms. The van der Waals surface area contributed by atoms with Crippen molar-refractivity contribution in [3.05, 3.63) is 17.7 Å². The quantitative estimate of drug-likeness (QED) is 0.647. The highest BCUT2D eigenvalue weighted by molar-refractivity contribution is 5.47. The molecule has 1 rings (SSSR count). The predicted octanol–water partition coefficient (Wildman–Crippen LogP) is 3.41. The summed E-state index contributed by atoms with van der Waals surface area (Å²) in [5.41, 5.74) is 0. The van der Waals surface area contributed by atoms with Crippen molar-refractivity contribution in [2.75, 3.05) is 36.9 Å². The lowest BCUT2D eigenvalue weighted by molar-refractivity contribution is 0.131. The average molecular weight is 287 g/mol. The molecule has 1 aromatic rings. The van der Waals surface area contributed by atoms with Gasteiger partial charge in [-0.15, -0.1) is 0 Å². The SMILES string of the molecule is CCCCOCCCNc1nc(NCC)c(F)cc1F. The van der Waals surface area contributed by atoms with Gasteiger partial charge in [0.15, 0.2) is 23.3 Å². The van der Waals surface area contributed by atoms with E-state index in [1.807, 2.05) is 6.92 Å². The molecule has 0 saturated heterocycles. The second kappa shape index (κ2) is 9.47. The number of halogens is 2. The van der Waals surface area contributed by atoms with Crippen molar-refractivity contribution in [1.82, 2.24) is 4.98 Å². The summed E-state index contributed by atoms with van der Waals surface area (Å²) in [6.07, 6.45) is 2.91. The third-order valence-electron chi connectivity index (χ3n) is 2.67. The number of nitrogens with one attached hydrogen (secondary N) is 2. The van der Waals surface area contributed by atoms with E-state index in [1.165, 1.54) is 0 Å². The van der Waals surface area contributed by atoms with Crippen LogP contribution in [0.25, 0.3) is 0 Å². The van der Waals surface area contributed by atoms with Crippen LogP contribution in [0.3, 0.4) is 0 Å². The minimum absolute atomic E-state index is 0.0654. The fourth-order valence-electron chi connectivity index (χ4n) is 1.61. The smallest absolute Gasteiger partial charge is 0.168 e. The van der Waals surface area contributed by atoms with Gasteiger partial charge in [-0.3, -0.25) is 0 Å². The van der Waals surface area contributed by atoms with Gasteiger partial charge in [-0.05, 0) is 19.8 Å². The van der Waals surface area contributed by atoms with Crippen LogP contribution in [0, 0.1) is 11.6 Å². The van der Waals surface area contributed by atoms with Gasteiger partial charge in [0.2, 0.25) is 0 Å². The van der Waals surface area contributed by atoms with E-state index in [-0.39, 0.29) is 11.6 Å². The van der Waals surface area contributed by atoms with Crippen LogP contribution >= 0.6 is 0 Å². The summed E-state index contributed by atoms with van der Waals surface area (Å²) >= 11 is 0. The summed E-state index contributed by atoms with van der Waals surface area (Å²) in [7, 11) is 0. The van der Waals surface area contributed by atoms with Crippen LogP contribution in [-0.4, -0.2) is 31.3 Å². The van der Waals surface area contributed by atoms with E-state index < -0.39 is 11.6 Å². The van der Waals surface area contributed by atoms with Gasteiger partial charge in [0, 0.05) is 32.4 Å². The molecule has 0 bridgehead atoms. The number of pyridine rings is 1. The average Bonchev–Trinajstić information content (AvgIpc) is 2.42. The van der Waals surface area contributed by atoms with Gasteiger partial charge in [0.05, 0.1) is 0 Å². The van der Waals surface area contributed by atoms with Crippen LogP contribution < -0.4 is 10.6 Å². The van der Waals surface area contributed by atoms with Gasteiger partial charge in [-0.2, -0.15) is 0 Å². The van der Waals surface area contributed by atoms with Gasteiger partial charge in [-0.25, -0.2) is 13.8 Å². The molecule has 1 aromatic heterocycles. The van der Waals surface area contributed by atoms with Crippen molar-refractivity contribution in [1.29, 1.82) is 0 Å². The zero-order chi connectivity index (χ0) is 14.8. The fourth-order valence-corrected chi connectivity index (χ4v) is 1.61. The summed E-state index contributed by atoms with van der Waals surface area (Å²) in [5.74, 6) is -1.24. The van der Waals surface area contributed by atoms with Crippen LogP contribution in [0.15, 0.2) is 6.07 Å². The number of anilines is 2. The molecule has 0 radical (unpaired) electrons. The maximum Gasteiger partial charge on any atom is 0.168 e. The standard InChI is InChI=1S/C14H23F2N3O/c1-3-5-8-20-9-6-7-18-14-12(16)10-11(15)13(19-14)17-4-2/h10H,3-9H2,1-2H3,(H2,17,18,19). The topological polar surface area (TPSA) is 46.2 Å². The third kappa shape index (κ3) is 5.69. The monoisotopic (exact) mass is 287 g/mol. The molecule has 0 saturated carbocycles. The van der Waals surface area contributed by atoms with Gasteiger partial charge in [-0.1, -0.05) is 13.3 Å². The Balaban J connectivity index is 2.37. The van der Waals surface area contributed by atoms with Gasteiger partial charge >= 0.3 is 0 Å². The zero-order valence-corrected chi connectivity index (χ0v) is 12.1. The van der Waals surface area contributed by atoms with Crippen molar-refractivity contribution in [2.45, 2.75) is 33.1 Å². The number of nitrogens with zero attached hydrogens (tertiary/aromatic N) is 1. The molecule has 6 heteroatoms. The Hall–Kier alpha value is -1.43. The fraction of sp³-hybridized carbons (Fsp3) is 0.643. The molecule has 0 aromatic carbocycles. The summed E-state index contributed by atoms with van der Waals surface area (Å²) in [6.45, 7) is 6.37. The number of unbranched alkanes of at least 4 members (excludes halogenated alkanes) is 1. The summed E-state index contributed by atoms with van der Waals surface area (Å²) in [4.78, 5) is 3.90. The lowest BCUT2D eigenvalue weighted by Gasteiger charge is -2.10. The molecule has 1 heterocycles. The van der Waals surface area contributed by atoms with Crippen LogP contribution in [0.5, 0.6) is 0 Å². The maximum absolute atomic E-state index is 13.5. The third-order valence-corrected chi connectivity index (χ3v) is 2.67. The number of aromatic nitrogens is 1. The molecular weight excluding hydrogens is 264 g/mol. The predicted molar refractivity (Wildman–Crippen MR) is 77.2 cm³/mol. The molecule has 0 amide bonds.